The molecule has 0 aromatic heterocycles. The third-order valence-corrected chi connectivity index (χ3v) is 3.18. The van der Waals surface area contributed by atoms with Crippen molar-refractivity contribution in [1.82, 2.24) is 5.32 Å². The summed E-state index contributed by atoms with van der Waals surface area (Å²) in [5, 5.41) is 11.9. The monoisotopic (exact) mass is 283 g/mol. The lowest BCUT2D eigenvalue weighted by Crippen LogP contribution is -2.44. The van der Waals surface area contributed by atoms with Gasteiger partial charge in [0.15, 0.2) is 6.61 Å². The van der Waals surface area contributed by atoms with E-state index in [1.807, 2.05) is 0 Å². The summed E-state index contributed by atoms with van der Waals surface area (Å²) >= 11 is 5.87. The van der Waals surface area contributed by atoms with Crippen molar-refractivity contribution < 1.29 is 19.4 Å². The van der Waals surface area contributed by atoms with Crippen LogP contribution >= 0.6 is 11.6 Å². The Kier molecular flexibility index (Phi) is 4.27. The van der Waals surface area contributed by atoms with E-state index in [0.29, 0.717) is 10.8 Å². The highest BCUT2D eigenvalue weighted by Gasteiger charge is 2.37. The van der Waals surface area contributed by atoms with E-state index < -0.39 is 17.9 Å². The minimum absolute atomic E-state index is 0.0433. The van der Waals surface area contributed by atoms with Crippen LogP contribution in [0.5, 0.6) is 5.75 Å². The maximum Gasteiger partial charge on any atom is 0.326 e. The zero-order chi connectivity index (χ0) is 13.8. The molecule has 6 heteroatoms. The van der Waals surface area contributed by atoms with Gasteiger partial charge in [0.05, 0.1) is 5.02 Å². The number of rotatable bonds is 6. The molecule has 19 heavy (non-hydrogen) atoms. The van der Waals surface area contributed by atoms with Gasteiger partial charge in [-0.05, 0) is 30.9 Å². The second-order valence-corrected chi connectivity index (χ2v) is 4.85. The molecule has 1 atom stereocenters. The van der Waals surface area contributed by atoms with E-state index in [9.17, 15) is 9.59 Å². The van der Waals surface area contributed by atoms with Gasteiger partial charge in [-0.1, -0.05) is 23.7 Å². The second-order valence-electron chi connectivity index (χ2n) is 4.44. The van der Waals surface area contributed by atoms with Crippen molar-refractivity contribution in [3.63, 3.8) is 0 Å². The largest absolute Gasteiger partial charge is 0.482 e. The molecule has 5 nitrogen and oxygen atoms in total. The van der Waals surface area contributed by atoms with Crippen LogP contribution in [0.1, 0.15) is 12.8 Å². The minimum Gasteiger partial charge on any atom is -0.482 e. The van der Waals surface area contributed by atoms with Crippen molar-refractivity contribution in [3.05, 3.63) is 29.3 Å². The van der Waals surface area contributed by atoms with Gasteiger partial charge in [0, 0.05) is 0 Å². The van der Waals surface area contributed by atoms with Gasteiger partial charge in [-0.2, -0.15) is 0 Å². The van der Waals surface area contributed by atoms with Gasteiger partial charge in [-0.3, -0.25) is 4.79 Å². The van der Waals surface area contributed by atoms with Crippen molar-refractivity contribution in [2.75, 3.05) is 6.61 Å². The van der Waals surface area contributed by atoms with E-state index in [1.54, 1.807) is 24.3 Å². The number of carboxylic acids is 1. The Hall–Kier alpha value is -1.75. The second kappa shape index (κ2) is 5.93. The Morgan fingerprint density at radius 2 is 2.11 bits per heavy atom. The predicted molar refractivity (Wildman–Crippen MR) is 69.2 cm³/mol. The van der Waals surface area contributed by atoms with E-state index in [1.165, 1.54) is 0 Å². The molecule has 1 amide bonds. The molecule has 2 N–H and O–H groups in total. The molecule has 0 heterocycles. The molecule has 1 saturated carbocycles. The Balaban J connectivity index is 1.84. The van der Waals surface area contributed by atoms with E-state index in [4.69, 9.17) is 21.4 Å². The van der Waals surface area contributed by atoms with Crippen molar-refractivity contribution in [2.24, 2.45) is 5.92 Å². The molecule has 0 spiro atoms. The molecule has 1 aliphatic rings. The molecule has 2 rings (SSSR count). The van der Waals surface area contributed by atoms with E-state index >= 15 is 0 Å². The Labute approximate surface area is 115 Å². The first-order valence-electron chi connectivity index (χ1n) is 5.97. The first-order valence-corrected chi connectivity index (χ1v) is 6.35. The number of carboxylic acid groups (broad SMARTS) is 1. The summed E-state index contributed by atoms with van der Waals surface area (Å²) in [5.41, 5.74) is 0. The van der Waals surface area contributed by atoms with Gasteiger partial charge in [0.2, 0.25) is 0 Å². The third kappa shape index (κ3) is 3.86. The number of aliphatic carboxylic acids is 1. The highest BCUT2D eigenvalue weighted by Crippen LogP contribution is 2.32. The summed E-state index contributed by atoms with van der Waals surface area (Å²) in [4.78, 5) is 22.6. The molecule has 1 fully saturated rings. The lowest BCUT2D eigenvalue weighted by molar-refractivity contribution is -0.142. The first kappa shape index (κ1) is 13.7. The number of nitrogens with one attached hydrogen (secondary N) is 1. The minimum atomic E-state index is -1.01. The predicted octanol–water partition coefficient (Wildman–Crippen LogP) is 1.70. The van der Waals surface area contributed by atoms with Gasteiger partial charge < -0.3 is 15.2 Å². The number of hydrogen-bond acceptors (Lipinski definition) is 3. The zero-order valence-corrected chi connectivity index (χ0v) is 10.9. The fourth-order valence-electron chi connectivity index (χ4n) is 1.73. The molecule has 0 radical (unpaired) electrons. The molecule has 1 aromatic carbocycles. The van der Waals surface area contributed by atoms with Crippen LogP contribution in [0.2, 0.25) is 5.02 Å². The topological polar surface area (TPSA) is 75.6 Å². The van der Waals surface area contributed by atoms with Gasteiger partial charge >= 0.3 is 5.97 Å². The fourth-order valence-corrected chi connectivity index (χ4v) is 1.92. The van der Waals surface area contributed by atoms with Crippen LogP contribution in [0, 0.1) is 5.92 Å². The quantitative estimate of drug-likeness (QED) is 0.833. The van der Waals surface area contributed by atoms with Crippen LogP contribution < -0.4 is 10.1 Å². The lowest BCUT2D eigenvalue weighted by atomic mass is 10.2. The van der Waals surface area contributed by atoms with Gasteiger partial charge in [0.25, 0.3) is 5.91 Å². The molecule has 1 unspecified atom stereocenters. The average molecular weight is 284 g/mol. The van der Waals surface area contributed by atoms with Crippen LogP contribution in [0.25, 0.3) is 0 Å². The van der Waals surface area contributed by atoms with Crippen LogP contribution in [0.15, 0.2) is 24.3 Å². The van der Waals surface area contributed by atoms with Crippen molar-refractivity contribution >= 4 is 23.5 Å². The summed E-state index contributed by atoms with van der Waals surface area (Å²) in [7, 11) is 0. The van der Waals surface area contributed by atoms with Crippen LogP contribution in [-0.4, -0.2) is 29.6 Å². The van der Waals surface area contributed by atoms with Crippen molar-refractivity contribution in [3.8, 4) is 5.75 Å². The molecule has 102 valence electrons. The van der Waals surface area contributed by atoms with Gasteiger partial charge in [0.1, 0.15) is 11.8 Å². The smallest absolute Gasteiger partial charge is 0.326 e. The van der Waals surface area contributed by atoms with Crippen LogP contribution in [-0.2, 0) is 9.59 Å². The standard InChI is InChI=1S/C13H14ClNO4/c14-9-3-1-2-4-10(9)19-7-11(16)15-12(13(17)18)8-5-6-8/h1-4,8,12H,5-7H2,(H,15,16)(H,17,18). The number of amides is 1. The number of hydrogen-bond donors (Lipinski definition) is 2. The van der Waals surface area contributed by atoms with Crippen molar-refractivity contribution in [1.29, 1.82) is 0 Å². The van der Waals surface area contributed by atoms with Gasteiger partial charge in [-0.15, -0.1) is 0 Å². The summed E-state index contributed by atoms with van der Waals surface area (Å²) in [6.45, 7) is -0.250. The van der Waals surface area contributed by atoms with E-state index in [-0.39, 0.29) is 12.5 Å². The molecule has 1 aromatic rings. The normalized spacial score (nSPS) is 15.6. The number of ether oxygens (including phenoxy) is 1. The number of carbonyl (C=O) groups excluding carboxylic acids is 1. The van der Waals surface area contributed by atoms with Crippen LogP contribution in [0.3, 0.4) is 0 Å². The highest BCUT2D eigenvalue weighted by atomic mass is 35.5. The molecule has 0 bridgehead atoms. The number of benzene rings is 1. The van der Waals surface area contributed by atoms with E-state index in [2.05, 4.69) is 5.32 Å². The Bertz CT molecular complexity index is 487. The Morgan fingerprint density at radius 1 is 1.42 bits per heavy atom. The van der Waals surface area contributed by atoms with Crippen LogP contribution in [0.4, 0.5) is 0 Å². The SMILES string of the molecule is O=C(COc1ccccc1Cl)NC(C(=O)O)C1CC1. The summed E-state index contributed by atoms with van der Waals surface area (Å²) < 4.78 is 5.24. The molecule has 0 saturated heterocycles. The highest BCUT2D eigenvalue weighted by molar-refractivity contribution is 6.32. The van der Waals surface area contributed by atoms with E-state index in [0.717, 1.165) is 12.8 Å². The number of halogens is 1. The maximum atomic E-state index is 11.6. The Morgan fingerprint density at radius 3 is 2.68 bits per heavy atom. The zero-order valence-electron chi connectivity index (χ0n) is 10.1. The fraction of sp³-hybridized carbons (Fsp3) is 0.385. The lowest BCUT2D eigenvalue weighted by Gasteiger charge is -2.14. The first-order chi connectivity index (χ1) is 9.08. The number of carbonyl (C=O) groups is 2. The summed E-state index contributed by atoms with van der Waals surface area (Å²) in [6.07, 6.45) is 1.67. The maximum absolute atomic E-state index is 11.6. The summed E-state index contributed by atoms with van der Waals surface area (Å²) in [6, 6.07) is 5.97. The third-order valence-electron chi connectivity index (χ3n) is 2.87. The summed E-state index contributed by atoms with van der Waals surface area (Å²) in [5.74, 6) is -1.02. The molecule has 0 aliphatic heterocycles. The van der Waals surface area contributed by atoms with Gasteiger partial charge in [-0.25, -0.2) is 4.79 Å². The molecular formula is C13H14ClNO4. The average Bonchev–Trinajstić information content (AvgIpc) is 3.19. The van der Waals surface area contributed by atoms with Crippen molar-refractivity contribution in [2.45, 2.75) is 18.9 Å². The number of para-hydroxylation sites is 1. The molecule has 1 aliphatic carbocycles. The molecular weight excluding hydrogens is 270 g/mol.